The van der Waals surface area contributed by atoms with E-state index < -0.39 is 46.9 Å². The first-order chi connectivity index (χ1) is 17.1. The van der Waals surface area contributed by atoms with E-state index in [9.17, 15) is 32.9 Å². The lowest BCUT2D eigenvalue weighted by atomic mass is 9.90. The third-order valence-electron chi connectivity index (χ3n) is 5.90. The minimum absolute atomic E-state index is 0.146. The summed E-state index contributed by atoms with van der Waals surface area (Å²) in [6.45, 7) is 0. The first kappa shape index (κ1) is 23.3. The van der Waals surface area contributed by atoms with E-state index in [1.54, 1.807) is 30.3 Å². The highest BCUT2D eigenvalue weighted by Gasteiger charge is 2.60. The van der Waals surface area contributed by atoms with E-state index in [2.05, 4.69) is 4.74 Å². The first-order valence-electron chi connectivity index (χ1n) is 10.6. The summed E-state index contributed by atoms with van der Waals surface area (Å²) in [5.41, 5.74) is 0.902. The Morgan fingerprint density at radius 2 is 1.50 bits per heavy atom. The second-order valence-corrected chi connectivity index (χ2v) is 8.06. The Morgan fingerprint density at radius 1 is 0.861 bits per heavy atom. The number of nitrogens with zero attached hydrogens (tertiary/aromatic N) is 3. The standard InChI is InChI=1S/C24H16F3N3O6/c25-24(26,27)35-18-12-6-14(7-13-18)20-19-21(36-29(20)16-4-2-1-3-5-16)23(32)28(22(19)31)15-8-10-17(11-9-15)30(33)34/h1-13,19-21H/t19-,20+,21-/m0/s1. The Bertz CT molecular complexity index is 1320. The van der Waals surface area contributed by atoms with Crippen LogP contribution in [0.1, 0.15) is 11.6 Å². The van der Waals surface area contributed by atoms with E-state index in [4.69, 9.17) is 4.84 Å². The summed E-state index contributed by atoms with van der Waals surface area (Å²) in [6.07, 6.45) is -6.07. The number of nitro groups is 1. The van der Waals surface area contributed by atoms with Crippen LogP contribution in [0, 0.1) is 16.0 Å². The fourth-order valence-electron chi connectivity index (χ4n) is 4.40. The average Bonchev–Trinajstić information content (AvgIpc) is 3.35. The van der Waals surface area contributed by atoms with Gasteiger partial charge in [0.25, 0.3) is 11.6 Å². The van der Waals surface area contributed by atoms with Gasteiger partial charge in [-0.1, -0.05) is 30.3 Å². The van der Waals surface area contributed by atoms with Gasteiger partial charge in [-0.15, -0.1) is 13.2 Å². The van der Waals surface area contributed by atoms with Gasteiger partial charge >= 0.3 is 6.36 Å². The maximum absolute atomic E-state index is 13.5. The van der Waals surface area contributed by atoms with E-state index in [0.29, 0.717) is 11.3 Å². The number of fused-ring (bicyclic) bond motifs is 1. The molecule has 0 aliphatic carbocycles. The molecule has 2 heterocycles. The lowest BCUT2D eigenvalue weighted by Crippen LogP contribution is -2.37. The van der Waals surface area contributed by atoms with Gasteiger partial charge in [-0.3, -0.25) is 24.5 Å². The molecule has 3 aromatic carbocycles. The summed E-state index contributed by atoms with van der Waals surface area (Å²) in [6, 6.07) is 17.7. The van der Waals surface area contributed by atoms with Crippen molar-refractivity contribution in [1.82, 2.24) is 0 Å². The maximum atomic E-state index is 13.5. The summed E-state index contributed by atoms with van der Waals surface area (Å²) < 4.78 is 41.7. The molecule has 36 heavy (non-hydrogen) atoms. The Labute approximate surface area is 201 Å². The fraction of sp³-hybridized carbons (Fsp3) is 0.167. The molecule has 0 N–H and O–H groups in total. The highest BCUT2D eigenvalue weighted by atomic mass is 19.4. The molecule has 0 unspecified atom stereocenters. The Balaban J connectivity index is 1.51. The summed E-state index contributed by atoms with van der Waals surface area (Å²) in [4.78, 5) is 44.0. The number of hydrogen-bond acceptors (Lipinski definition) is 7. The minimum atomic E-state index is -4.86. The van der Waals surface area contributed by atoms with Crippen molar-refractivity contribution in [2.45, 2.75) is 18.5 Å². The third-order valence-corrected chi connectivity index (χ3v) is 5.90. The molecule has 2 fully saturated rings. The number of benzene rings is 3. The van der Waals surface area contributed by atoms with Crippen LogP contribution >= 0.6 is 0 Å². The number of carbonyl (C=O) groups is 2. The number of halogens is 3. The monoisotopic (exact) mass is 499 g/mol. The molecular formula is C24H16F3N3O6. The number of carbonyl (C=O) groups excluding carboxylic acids is 2. The number of hydroxylamine groups is 1. The zero-order valence-corrected chi connectivity index (χ0v) is 18.2. The van der Waals surface area contributed by atoms with Gasteiger partial charge in [-0.25, -0.2) is 9.96 Å². The van der Waals surface area contributed by atoms with Crippen LogP contribution in [-0.2, 0) is 14.4 Å². The molecule has 12 heteroatoms. The molecule has 2 aliphatic rings. The molecule has 184 valence electrons. The van der Waals surface area contributed by atoms with Crippen LogP contribution in [0.15, 0.2) is 78.9 Å². The molecule has 3 atom stereocenters. The fourth-order valence-corrected chi connectivity index (χ4v) is 4.40. The largest absolute Gasteiger partial charge is 0.573 e. The van der Waals surface area contributed by atoms with E-state index in [0.717, 1.165) is 17.0 Å². The lowest BCUT2D eigenvalue weighted by Gasteiger charge is -2.28. The SMILES string of the molecule is O=C1[C@@H]2[C@H](ON(c3ccccc3)[C@@H]2c2ccc(OC(F)(F)F)cc2)C(=O)N1c1ccc([N+](=O)[O-])cc1. The van der Waals surface area contributed by atoms with Gasteiger partial charge in [0.15, 0.2) is 6.10 Å². The zero-order valence-electron chi connectivity index (χ0n) is 18.2. The molecule has 2 amide bonds. The topological polar surface area (TPSA) is 102 Å². The highest BCUT2D eigenvalue weighted by Crippen LogP contribution is 2.47. The molecule has 0 spiro atoms. The maximum Gasteiger partial charge on any atom is 0.573 e. The zero-order chi connectivity index (χ0) is 25.6. The molecule has 2 aliphatic heterocycles. The second kappa shape index (κ2) is 8.64. The Morgan fingerprint density at radius 3 is 2.08 bits per heavy atom. The quantitative estimate of drug-likeness (QED) is 0.288. The van der Waals surface area contributed by atoms with Crippen molar-refractivity contribution in [3.05, 3.63) is 94.5 Å². The van der Waals surface area contributed by atoms with Crippen LogP contribution in [0.25, 0.3) is 0 Å². The number of non-ortho nitro benzene ring substituents is 1. The van der Waals surface area contributed by atoms with Gasteiger partial charge in [0.2, 0.25) is 5.91 Å². The number of hydrogen-bond donors (Lipinski definition) is 0. The first-order valence-corrected chi connectivity index (χ1v) is 10.6. The number of anilines is 2. The summed E-state index contributed by atoms with van der Waals surface area (Å²) in [5, 5.41) is 12.4. The summed E-state index contributed by atoms with van der Waals surface area (Å²) in [5.74, 6) is -2.71. The summed E-state index contributed by atoms with van der Waals surface area (Å²) in [7, 11) is 0. The van der Waals surface area contributed by atoms with E-state index >= 15 is 0 Å². The number of ether oxygens (including phenoxy) is 1. The number of imide groups is 1. The lowest BCUT2D eigenvalue weighted by molar-refractivity contribution is -0.384. The average molecular weight is 499 g/mol. The summed E-state index contributed by atoms with van der Waals surface area (Å²) >= 11 is 0. The van der Waals surface area contributed by atoms with Crippen molar-refractivity contribution in [2.24, 2.45) is 5.92 Å². The van der Waals surface area contributed by atoms with Gasteiger partial charge < -0.3 is 4.74 Å². The number of rotatable bonds is 5. The Kier molecular flexibility index (Phi) is 5.59. The number of para-hydroxylation sites is 1. The normalized spacial score (nSPS) is 21.6. The second-order valence-electron chi connectivity index (χ2n) is 8.06. The van der Waals surface area contributed by atoms with Crippen molar-refractivity contribution in [2.75, 3.05) is 9.96 Å². The van der Waals surface area contributed by atoms with Gasteiger partial charge in [0, 0.05) is 12.1 Å². The molecule has 3 aromatic rings. The smallest absolute Gasteiger partial charge is 0.406 e. The van der Waals surface area contributed by atoms with Crippen LogP contribution in [0.4, 0.5) is 30.2 Å². The van der Waals surface area contributed by atoms with E-state index in [1.165, 1.54) is 41.5 Å². The molecule has 0 radical (unpaired) electrons. The number of amides is 2. The predicted molar refractivity (Wildman–Crippen MR) is 119 cm³/mol. The third kappa shape index (κ3) is 4.11. The van der Waals surface area contributed by atoms with Gasteiger partial charge in [-0.2, -0.15) is 0 Å². The molecule has 9 nitrogen and oxygen atoms in total. The van der Waals surface area contributed by atoms with Crippen molar-refractivity contribution in [3.63, 3.8) is 0 Å². The van der Waals surface area contributed by atoms with Crippen molar-refractivity contribution < 1.29 is 37.3 Å². The van der Waals surface area contributed by atoms with Gasteiger partial charge in [-0.05, 0) is 42.0 Å². The van der Waals surface area contributed by atoms with E-state index in [-0.39, 0.29) is 11.4 Å². The van der Waals surface area contributed by atoms with Crippen LogP contribution in [-0.4, -0.2) is 29.2 Å². The number of alkyl halides is 3. The Hall–Kier alpha value is -4.45. The van der Waals surface area contributed by atoms with Crippen LogP contribution < -0.4 is 14.7 Å². The molecule has 0 bridgehead atoms. The molecule has 0 aromatic heterocycles. The number of nitro benzene ring substituents is 1. The van der Waals surface area contributed by atoms with Gasteiger partial charge in [0.05, 0.1) is 22.3 Å². The van der Waals surface area contributed by atoms with Crippen molar-refractivity contribution in [1.29, 1.82) is 0 Å². The van der Waals surface area contributed by atoms with Crippen LogP contribution in [0.2, 0.25) is 0 Å². The van der Waals surface area contributed by atoms with Crippen LogP contribution in [0.5, 0.6) is 5.75 Å². The minimum Gasteiger partial charge on any atom is -0.406 e. The van der Waals surface area contributed by atoms with Crippen molar-refractivity contribution in [3.8, 4) is 5.75 Å². The highest BCUT2D eigenvalue weighted by molar-refractivity contribution is 6.23. The molecule has 2 saturated heterocycles. The van der Waals surface area contributed by atoms with Crippen LogP contribution in [0.3, 0.4) is 0 Å². The van der Waals surface area contributed by atoms with Crippen molar-refractivity contribution >= 4 is 28.9 Å². The molecule has 0 saturated carbocycles. The predicted octanol–water partition coefficient (Wildman–Crippen LogP) is 4.54. The molecular weight excluding hydrogens is 483 g/mol. The van der Waals surface area contributed by atoms with E-state index in [1.807, 2.05) is 0 Å². The molecule has 5 rings (SSSR count). The van der Waals surface area contributed by atoms with Gasteiger partial charge in [0.1, 0.15) is 11.7 Å².